The Kier molecular flexibility index (Phi) is 3.38. The predicted octanol–water partition coefficient (Wildman–Crippen LogP) is 1.21. The summed E-state index contributed by atoms with van der Waals surface area (Å²) >= 11 is 0. The van der Waals surface area contributed by atoms with Crippen molar-refractivity contribution in [3.8, 4) is 6.07 Å². The van der Waals surface area contributed by atoms with Gasteiger partial charge in [0, 0.05) is 19.2 Å². The zero-order valence-electron chi connectivity index (χ0n) is 10.1. The fourth-order valence-electron chi connectivity index (χ4n) is 1.55. The van der Waals surface area contributed by atoms with E-state index in [1.165, 1.54) is 18.2 Å². The molecule has 0 aliphatic rings. The molecule has 1 N–H and O–H groups in total. The molecule has 19 heavy (non-hydrogen) atoms. The van der Waals surface area contributed by atoms with Crippen LogP contribution >= 0.6 is 0 Å². The molecule has 0 unspecified atom stereocenters. The van der Waals surface area contributed by atoms with Crippen molar-refractivity contribution in [2.24, 2.45) is 7.05 Å². The standard InChI is InChI=1S/C11H10N6O2/c1-16-10(7-14-15-16)6-13-11-3-2-9(17(18)19)4-8(11)5-12/h2-4,7,13H,6H2,1H3. The fourth-order valence-corrected chi connectivity index (χ4v) is 1.55. The maximum absolute atomic E-state index is 10.6. The zero-order valence-corrected chi connectivity index (χ0v) is 10.1. The van der Waals surface area contributed by atoms with Crippen molar-refractivity contribution >= 4 is 11.4 Å². The van der Waals surface area contributed by atoms with E-state index in [0.717, 1.165) is 5.69 Å². The molecule has 0 atom stereocenters. The highest BCUT2D eigenvalue weighted by Gasteiger charge is 2.10. The Morgan fingerprint density at radius 2 is 2.37 bits per heavy atom. The van der Waals surface area contributed by atoms with Crippen molar-refractivity contribution in [3.05, 3.63) is 45.8 Å². The summed E-state index contributed by atoms with van der Waals surface area (Å²) in [6.45, 7) is 0.427. The first-order valence-electron chi connectivity index (χ1n) is 5.38. The van der Waals surface area contributed by atoms with Gasteiger partial charge in [-0.3, -0.25) is 14.8 Å². The Bertz CT molecular complexity index is 657. The van der Waals surface area contributed by atoms with Crippen molar-refractivity contribution in [1.29, 1.82) is 5.26 Å². The van der Waals surface area contributed by atoms with E-state index in [2.05, 4.69) is 15.6 Å². The highest BCUT2D eigenvalue weighted by atomic mass is 16.6. The number of non-ortho nitro benzene ring substituents is 1. The minimum Gasteiger partial charge on any atom is -0.378 e. The minimum atomic E-state index is -0.532. The van der Waals surface area contributed by atoms with E-state index in [-0.39, 0.29) is 11.3 Å². The minimum absolute atomic E-state index is 0.107. The summed E-state index contributed by atoms with van der Waals surface area (Å²) in [5.41, 5.74) is 1.49. The van der Waals surface area contributed by atoms with E-state index in [9.17, 15) is 10.1 Å². The Morgan fingerprint density at radius 1 is 1.58 bits per heavy atom. The van der Waals surface area contributed by atoms with Gasteiger partial charge >= 0.3 is 0 Å². The van der Waals surface area contributed by atoms with E-state index >= 15 is 0 Å². The van der Waals surface area contributed by atoms with Crippen LogP contribution < -0.4 is 5.32 Å². The molecular weight excluding hydrogens is 248 g/mol. The molecule has 2 rings (SSSR count). The largest absolute Gasteiger partial charge is 0.378 e. The normalized spacial score (nSPS) is 9.89. The Labute approximate surface area is 108 Å². The SMILES string of the molecule is Cn1nncc1CNc1ccc([N+](=O)[O-])cc1C#N. The number of rotatable bonds is 4. The number of nitrogens with zero attached hydrogens (tertiary/aromatic N) is 5. The van der Waals surface area contributed by atoms with Crippen molar-refractivity contribution < 1.29 is 4.92 Å². The zero-order chi connectivity index (χ0) is 13.8. The monoisotopic (exact) mass is 258 g/mol. The van der Waals surface area contributed by atoms with Crippen LogP contribution in [0.25, 0.3) is 0 Å². The average Bonchev–Trinajstić information content (AvgIpc) is 2.81. The van der Waals surface area contributed by atoms with Gasteiger partial charge in [-0.2, -0.15) is 5.26 Å². The number of anilines is 1. The van der Waals surface area contributed by atoms with Crippen molar-refractivity contribution in [2.75, 3.05) is 5.32 Å². The van der Waals surface area contributed by atoms with Crippen molar-refractivity contribution in [2.45, 2.75) is 6.54 Å². The summed E-state index contributed by atoms with van der Waals surface area (Å²) in [6, 6.07) is 6.04. The van der Waals surface area contributed by atoms with Gasteiger partial charge in [-0.25, -0.2) is 0 Å². The average molecular weight is 258 g/mol. The molecule has 0 spiro atoms. The lowest BCUT2D eigenvalue weighted by atomic mass is 10.1. The van der Waals surface area contributed by atoms with Crippen LogP contribution in [0.3, 0.4) is 0 Å². The lowest BCUT2D eigenvalue weighted by Gasteiger charge is -2.07. The second kappa shape index (κ2) is 5.14. The highest BCUT2D eigenvalue weighted by molar-refractivity contribution is 5.61. The molecule has 0 saturated heterocycles. The molecule has 0 aliphatic heterocycles. The molecule has 0 bridgehead atoms. The molecule has 96 valence electrons. The summed E-state index contributed by atoms with van der Waals surface area (Å²) in [4.78, 5) is 10.1. The molecule has 0 fully saturated rings. The molecule has 8 heteroatoms. The first kappa shape index (κ1) is 12.5. The molecule has 0 aliphatic carbocycles. The number of nitro groups is 1. The van der Waals surface area contributed by atoms with Gasteiger partial charge in [0.1, 0.15) is 6.07 Å². The maximum Gasteiger partial charge on any atom is 0.270 e. The summed E-state index contributed by atoms with van der Waals surface area (Å²) < 4.78 is 1.60. The number of aryl methyl sites for hydroxylation is 1. The number of hydrogen-bond acceptors (Lipinski definition) is 6. The molecule has 8 nitrogen and oxygen atoms in total. The number of hydrogen-bond donors (Lipinski definition) is 1. The molecular formula is C11H10N6O2. The molecule has 1 heterocycles. The fraction of sp³-hybridized carbons (Fsp3) is 0.182. The van der Waals surface area contributed by atoms with E-state index < -0.39 is 4.92 Å². The predicted molar refractivity (Wildman–Crippen MR) is 66.1 cm³/mol. The lowest BCUT2D eigenvalue weighted by Crippen LogP contribution is -2.06. The molecule has 0 radical (unpaired) electrons. The van der Waals surface area contributed by atoms with Gasteiger partial charge in [0.2, 0.25) is 0 Å². The molecule has 2 aromatic rings. The summed E-state index contributed by atoms with van der Waals surface area (Å²) in [5, 5.41) is 30.2. The third-order valence-corrected chi connectivity index (χ3v) is 2.60. The molecule has 1 aromatic heterocycles. The van der Waals surface area contributed by atoms with Gasteiger partial charge < -0.3 is 5.32 Å². The van der Waals surface area contributed by atoms with E-state index in [1.807, 2.05) is 6.07 Å². The lowest BCUT2D eigenvalue weighted by molar-refractivity contribution is -0.384. The Morgan fingerprint density at radius 3 is 2.95 bits per heavy atom. The number of nitro benzene ring substituents is 1. The van der Waals surface area contributed by atoms with Crippen LogP contribution in [0, 0.1) is 21.4 Å². The van der Waals surface area contributed by atoms with Gasteiger partial charge in [-0.1, -0.05) is 5.21 Å². The third-order valence-electron chi connectivity index (χ3n) is 2.60. The topological polar surface area (TPSA) is 110 Å². The van der Waals surface area contributed by atoms with Crippen LogP contribution in [0.4, 0.5) is 11.4 Å². The first-order chi connectivity index (χ1) is 9.11. The van der Waals surface area contributed by atoms with Crippen LogP contribution in [-0.2, 0) is 13.6 Å². The number of nitriles is 1. The van der Waals surface area contributed by atoms with Crippen molar-refractivity contribution in [3.63, 3.8) is 0 Å². The number of aromatic nitrogens is 3. The van der Waals surface area contributed by atoms with Crippen LogP contribution in [0.5, 0.6) is 0 Å². The summed E-state index contributed by atoms with van der Waals surface area (Å²) in [7, 11) is 1.76. The maximum atomic E-state index is 10.6. The molecule has 0 amide bonds. The van der Waals surface area contributed by atoms with Crippen LogP contribution in [-0.4, -0.2) is 19.9 Å². The third kappa shape index (κ3) is 2.66. The summed E-state index contributed by atoms with van der Waals surface area (Å²) in [5.74, 6) is 0. The highest BCUT2D eigenvalue weighted by Crippen LogP contribution is 2.21. The van der Waals surface area contributed by atoms with E-state index in [1.54, 1.807) is 17.9 Å². The number of nitrogens with one attached hydrogen (secondary N) is 1. The Hall–Kier alpha value is -2.95. The van der Waals surface area contributed by atoms with Crippen LogP contribution in [0.2, 0.25) is 0 Å². The van der Waals surface area contributed by atoms with Gasteiger partial charge in [0.05, 0.1) is 34.6 Å². The molecule has 1 aromatic carbocycles. The van der Waals surface area contributed by atoms with E-state index in [0.29, 0.717) is 12.2 Å². The first-order valence-corrected chi connectivity index (χ1v) is 5.38. The second-order valence-corrected chi connectivity index (χ2v) is 3.80. The van der Waals surface area contributed by atoms with Crippen molar-refractivity contribution in [1.82, 2.24) is 15.0 Å². The van der Waals surface area contributed by atoms with Gasteiger partial charge in [0.25, 0.3) is 5.69 Å². The molecule has 0 saturated carbocycles. The Balaban J connectivity index is 2.19. The van der Waals surface area contributed by atoms with Gasteiger partial charge in [0.15, 0.2) is 0 Å². The van der Waals surface area contributed by atoms with E-state index in [4.69, 9.17) is 5.26 Å². The summed E-state index contributed by atoms with van der Waals surface area (Å²) in [6.07, 6.45) is 1.60. The second-order valence-electron chi connectivity index (χ2n) is 3.80. The van der Waals surface area contributed by atoms with Gasteiger partial charge in [-0.15, -0.1) is 5.10 Å². The van der Waals surface area contributed by atoms with Crippen LogP contribution in [0.15, 0.2) is 24.4 Å². The van der Waals surface area contributed by atoms with Gasteiger partial charge in [-0.05, 0) is 6.07 Å². The number of benzene rings is 1. The quantitative estimate of drug-likeness (QED) is 0.651. The smallest absolute Gasteiger partial charge is 0.270 e. The van der Waals surface area contributed by atoms with Crippen LogP contribution in [0.1, 0.15) is 11.3 Å².